The Balaban J connectivity index is 2.23. The van der Waals surface area contributed by atoms with E-state index < -0.39 is 118 Å². The highest BCUT2D eigenvalue weighted by Gasteiger charge is 2.40. The molecule has 1 aromatic carbocycles. The molecule has 4 bridgehead atoms. The van der Waals surface area contributed by atoms with E-state index in [9.17, 15) is 54.9 Å². The number of phenolic OH excluding ortho intramolecular Hbond substituents is 2. The van der Waals surface area contributed by atoms with E-state index >= 15 is 0 Å². The molecule has 3 aliphatic rings. The molecule has 1 aromatic rings. The molecule has 0 spiro atoms. The quantitative estimate of drug-likeness (QED) is 0.219. The Morgan fingerprint density at radius 1 is 0.702 bits per heavy atom. The number of nitrogens with one attached hydrogen (secondary N) is 1. The lowest BCUT2D eigenvalue weighted by Gasteiger charge is -2.37. The van der Waals surface area contributed by atoms with Gasteiger partial charge in [0, 0.05) is 46.8 Å². The number of aliphatic hydroxyl groups excluding tert-OH is 5. The van der Waals surface area contributed by atoms with Gasteiger partial charge in [-0.25, -0.2) is 0 Å². The predicted molar refractivity (Wildman–Crippen MR) is 172 cm³/mol. The number of hydrogen-bond acceptors (Lipinski definition) is 11. The molecule has 9 unspecified atom stereocenters. The van der Waals surface area contributed by atoms with Crippen molar-refractivity contribution in [1.29, 1.82) is 0 Å². The summed E-state index contributed by atoms with van der Waals surface area (Å²) in [5, 5.41) is 78.6. The van der Waals surface area contributed by atoms with E-state index in [1.54, 1.807) is 26.8 Å². The molecule has 0 radical (unpaired) electrons. The van der Waals surface area contributed by atoms with Crippen LogP contribution in [0.3, 0.4) is 0 Å². The van der Waals surface area contributed by atoms with Gasteiger partial charge in [-0.2, -0.15) is 0 Å². The van der Waals surface area contributed by atoms with Crippen LogP contribution < -0.4 is 5.32 Å². The maximum absolute atomic E-state index is 13.8. The van der Waals surface area contributed by atoms with Gasteiger partial charge >= 0.3 is 0 Å². The van der Waals surface area contributed by atoms with E-state index in [1.807, 2.05) is 0 Å². The van der Waals surface area contributed by atoms with Gasteiger partial charge in [0.1, 0.15) is 11.5 Å². The fourth-order valence-electron chi connectivity index (χ4n) is 6.11. The normalized spacial score (nSPS) is 33.4. The number of hydrogen-bond donors (Lipinski definition) is 8. The Kier molecular flexibility index (Phi) is 11.9. The lowest BCUT2D eigenvalue weighted by molar-refractivity contribution is -0.116. The van der Waals surface area contributed by atoms with Crippen molar-refractivity contribution in [2.45, 2.75) is 72.9 Å². The zero-order valence-electron chi connectivity index (χ0n) is 27.6. The number of aromatic hydroxyl groups is 2. The number of aliphatic hydroxyl groups is 5. The third-order valence-corrected chi connectivity index (χ3v) is 9.51. The third-order valence-electron chi connectivity index (χ3n) is 9.51. The van der Waals surface area contributed by atoms with Gasteiger partial charge in [0.15, 0.2) is 11.6 Å². The van der Waals surface area contributed by atoms with E-state index in [0.717, 1.165) is 6.08 Å². The van der Waals surface area contributed by atoms with Crippen LogP contribution in [0, 0.1) is 36.5 Å². The first kappa shape index (κ1) is 37.5. The number of carbonyl (C=O) groups is 4. The predicted octanol–water partition coefficient (Wildman–Crippen LogP) is 2.03. The van der Waals surface area contributed by atoms with Crippen molar-refractivity contribution in [3.63, 3.8) is 0 Å². The summed E-state index contributed by atoms with van der Waals surface area (Å²) in [6.07, 6.45) is 1.49. The Labute approximate surface area is 273 Å². The minimum absolute atomic E-state index is 0.117. The van der Waals surface area contributed by atoms with E-state index in [1.165, 1.54) is 45.9 Å². The van der Waals surface area contributed by atoms with Gasteiger partial charge in [0.25, 0.3) is 5.91 Å². The molecule has 9 atom stereocenters. The van der Waals surface area contributed by atoms with E-state index in [4.69, 9.17) is 0 Å². The monoisotopic (exact) mass is 655 g/mol. The fraction of sp³-hybridized carbons (Fsp3) is 0.486. The second-order valence-electron chi connectivity index (χ2n) is 12.8. The molecule has 47 heavy (non-hydrogen) atoms. The van der Waals surface area contributed by atoms with Crippen LogP contribution in [0.5, 0.6) is 11.5 Å². The highest BCUT2D eigenvalue weighted by molar-refractivity contribution is 6.31. The second-order valence-corrected chi connectivity index (χ2v) is 12.8. The molecular formula is C35H45NO11. The first-order valence-corrected chi connectivity index (χ1v) is 15.5. The highest BCUT2D eigenvalue weighted by Crippen LogP contribution is 2.41. The van der Waals surface area contributed by atoms with Gasteiger partial charge in [-0.15, -0.1) is 0 Å². The minimum Gasteiger partial charge on any atom is -0.507 e. The summed E-state index contributed by atoms with van der Waals surface area (Å²) in [5.74, 6) is -9.29. The summed E-state index contributed by atoms with van der Waals surface area (Å²) in [6, 6.07) is 0. The van der Waals surface area contributed by atoms with Gasteiger partial charge in [-0.1, -0.05) is 52.0 Å². The first-order valence-electron chi connectivity index (χ1n) is 15.5. The van der Waals surface area contributed by atoms with Crippen LogP contribution in [0.1, 0.15) is 78.2 Å². The number of allylic oxidation sites excluding steroid dienone is 5. The molecule has 2 heterocycles. The maximum atomic E-state index is 13.8. The molecule has 8 N–H and O–H groups in total. The molecule has 12 nitrogen and oxygen atoms in total. The van der Waals surface area contributed by atoms with Gasteiger partial charge in [0.2, 0.25) is 5.78 Å². The Hall–Kier alpha value is -3.94. The zero-order chi connectivity index (χ0) is 35.7. The van der Waals surface area contributed by atoms with Crippen molar-refractivity contribution < 1.29 is 54.9 Å². The highest BCUT2D eigenvalue weighted by atomic mass is 16.3. The molecule has 2 aliphatic heterocycles. The van der Waals surface area contributed by atoms with E-state index in [-0.39, 0.29) is 16.7 Å². The smallest absolute Gasteiger partial charge is 0.251 e. The van der Waals surface area contributed by atoms with Gasteiger partial charge in [-0.05, 0) is 26.3 Å². The van der Waals surface area contributed by atoms with Crippen LogP contribution in [-0.4, -0.2) is 90.0 Å². The summed E-state index contributed by atoms with van der Waals surface area (Å²) >= 11 is 0. The molecule has 0 saturated heterocycles. The number of Topliss-reactive ketones (excluding diaryl/α,β-unsaturated/α-hetero) is 2. The minimum atomic E-state index is -1.44. The SMILES string of the molecule is CC1=CC(CO)C(O)C(C)C(O)C(C)C(O)C(C)C(O)C(C)/C=C\C=C(\C)C(=O)NC2=CC(=O)c3c(c(O)c(C)c(O)c3C2=O)C1=O. The zero-order valence-corrected chi connectivity index (χ0v) is 27.6. The molecule has 1 aliphatic carbocycles. The van der Waals surface area contributed by atoms with Crippen molar-refractivity contribution in [2.24, 2.45) is 29.6 Å². The second kappa shape index (κ2) is 14.9. The Bertz CT molecular complexity index is 1570. The van der Waals surface area contributed by atoms with Crippen LogP contribution in [0.15, 0.2) is 47.2 Å². The van der Waals surface area contributed by atoms with Gasteiger partial charge in [0.05, 0.1) is 53.4 Å². The molecule has 256 valence electrons. The molecular weight excluding hydrogens is 610 g/mol. The first-order chi connectivity index (χ1) is 21.9. The number of fused-ring (bicyclic) bond motifs is 15. The third kappa shape index (κ3) is 7.31. The van der Waals surface area contributed by atoms with Crippen molar-refractivity contribution in [2.75, 3.05) is 6.61 Å². The number of amides is 1. The van der Waals surface area contributed by atoms with Crippen molar-refractivity contribution in [3.8, 4) is 11.5 Å². The molecule has 4 rings (SSSR count). The molecule has 0 fully saturated rings. The number of carbonyl (C=O) groups excluding carboxylic acids is 4. The van der Waals surface area contributed by atoms with E-state index in [2.05, 4.69) is 5.32 Å². The lowest BCUT2D eigenvalue weighted by Crippen LogP contribution is -2.46. The summed E-state index contributed by atoms with van der Waals surface area (Å²) in [5.41, 5.74) is -2.50. The topological polar surface area (TPSA) is 222 Å². The van der Waals surface area contributed by atoms with Crippen LogP contribution in [0.2, 0.25) is 0 Å². The van der Waals surface area contributed by atoms with Gasteiger partial charge < -0.3 is 41.1 Å². The van der Waals surface area contributed by atoms with Crippen molar-refractivity contribution in [1.82, 2.24) is 5.32 Å². The average Bonchev–Trinajstić information content (AvgIpc) is 3.04. The number of rotatable bonds is 1. The number of ketones is 3. The molecule has 0 saturated carbocycles. The van der Waals surface area contributed by atoms with Gasteiger partial charge in [-0.3, -0.25) is 19.2 Å². The van der Waals surface area contributed by atoms with Crippen LogP contribution in [0.4, 0.5) is 0 Å². The molecule has 1 amide bonds. The average molecular weight is 656 g/mol. The van der Waals surface area contributed by atoms with Crippen LogP contribution in [-0.2, 0) is 4.79 Å². The Morgan fingerprint density at radius 2 is 1.21 bits per heavy atom. The lowest BCUT2D eigenvalue weighted by atomic mass is 9.76. The van der Waals surface area contributed by atoms with Crippen LogP contribution in [0.25, 0.3) is 0 Å². The summed E-state index contributed by atoms with van der Waals surface area (Å²) in [4.78, 5) is 53.6. The fourth-order valence-corrected chi connectivity index (χ4v) is 6.11. The van der Waals surface area contributed by atoms with Crippen molar-refractivity contribution in [3.05, 3.63) is 69.5 Å². The molecule has 12 heteroatoms. The van der Waals surface area contributed by atoms with E-state index in [0.29, 0.717) is 0 Å². The summed E-state index contributed by atoms with van der Waals surface area (Å²) in [6.45, 7) is 9.69. The standard InChI is InChI=1S/C35H45NO11/c1-14-9-8-10-15(2)35(47)36-22-12-23(38)24-25(32(44)20(7)33(45)26(24)34(22)46)28(40)16(3)11-21(13-37)31(43)19(6)30(42)18(5)29(41)17(4)27(14)39/h8-12,14,17-19,21,27,29-31,37,39,41-45H,13H2,1-7H3,(H,36,47)/b9-8-,15-10-,16-11?. The largest absolute Gasteiger partial charge is 0.507 e. The maximum Gasteiger partial charge on any atom is 0.251 e. The Morgan fingerprint density at radius 3 is 1.77 bits per heavy atom. The number of benzene rings is 1. The molecule has 0 aromatic heterocycles. The summed E-state index contributed by atoms with van der Waals surface area (Å²) < 4.78 is 0. The summed E-state index contributed by atoms with van der Waals surface area (Å²) in [7, 11) is 0. The van der Waals surface area contributed by atoms with Crippen LogP contribution >= 0.6 is 0 Å². The number of phenols is 2. The van der Waals surface area contributed by atoms with Crippen molar-refractivity contribution >= 4 is 23.3 Å².